The van der Waals surface area contributed by atoms with E-state index in [0.717, 1.165) is 0 Å². The molecule has 0 fully saturated rings. The fourth-order valence-corrected chi connectivity index (χ4v) is 2.80. The summed E-state index contributed by atoms with van der Waals surface area (Å²) in [6.45, 7) is 0.155. The summed E-state index contributed by atoms with van der Waals surface area (Å²) in [4.78, 5) is 17.9. The Bertz CT molecular complexity index is 694. The summed E-state index contributed by atoms with van der Waals surface area (Å²) >= 11 is 0. The highest BCUT2D eigenvalue weighted by Gasteiger charge is 2.12. The zero-order chi connectivity index (χ0) is 15.3. The van der Waals surface area contributed by atoms with Crippen molar-refractivity contribution in [3.63, 3.8) is 0 Å². The number of carbonyl (C=O) groups is 1. The number of hydrogen-bond donors (Lipinski definition) is 2. The largest absolute Gasteiger partial charge is 0.465 e. The fraction of sp³-hybridized carbons (Fsp3) is 0.231. The number of hydrogen-bond acceptors (Lipinski definition) is 5. The molecule has 2 rings (SSSR count). The molecule has 1 aromatic carbocycles. The molecule has 0 saturated carbocycles. The molecule has 8 heteroatoms. The standard InChI is InChI=1S/C13H15N3O4S/c1-20-13(17)11-4-2-10(3-5-11)8-21(18,19)16-7-12-6-14-9-15-12/h2-6,9,16H,7-8H2,1H3,(H,14,15). The van der Waals surface area contributed by atoms with Crippen LogP contribution in [0.4, 0.5) is 0 Å². The van der Waals surface area contributed by atoms with E-state index in [0.29, 0.717) is 16.8 Å². The van der Waals surface area contributed by atoms with Crippen molar-refractivity contribution in [3.05, 3.63) is 53.6 Å². The Kier molecular flexibility index (Phi) is 4.71. The van der Waals surface area contributed by atoms with Crippen LogP contribution in [0, 0.1) is 0 Å². The van der Waals surface area contributed by atoms with E-state index in [1.807, 2.05) is 0 Å². The summed E-state index contributed by atoms with van der Waals surface area (Å²) in [6, 6.07) is 6.24. The van der Waals surface area contributed by atoms with E-state index in [1.54, 1.807) is 18.3 Å². The van der Waals surface area contributed by atoms with Gasteiger partial charge in [-0.05, 0) is 17.7 Å². The van der Waals surface area contributed by atoms with Crippen LogP contribution in [0.5, 0.6) is 0 Å². The van der Waals surface area contributed by atoms with Gasteiger partial charge in [0, 0.05) is 11.9 Å². The van der Waals surface area contributed by atoms with Gasteiger partial charge < -0.3 is 9.72 Å². The number of carbonyl (C=O) groups excluding carboxylic acids is 1. The number of ether oxygens (including phenoxy) is 1. The van der Waals surface area contributed by atoms with Gasteiger partial charge in [-0.1, -0.05) is 12.1 Å². The van der Waals surface area contributed by atoms with E-state index < -0.39 is 16.0 Å². The van der Waals surface area contributed by atoms with E-state index in [2.05, 4.69) is 19.4 Å². The van der Waals surface area contributed by atoms with Crippen LogP contribution in [0.15, 0.2) is 36.8 Å². The molecule has 1 aromatic heterocycles. The van der Waals surface area contributed by atoms with Crippen LogP contribution >= 0.6 is 0 Å². The van der Waals surface area contributed by atoms with Crippen molar-refractivity contribution in [3.8, 4) is 0 Å². The van der Waals surface area contributed by atoms with Crippen molar-refractivity contribution < 1.29 is 17.9 Å². The Hall–Kier alpha value is -2.19. The maximum atomic E-state index is 11.9. The Balaban J connectivity index is 1.98. The molecule has 0 atom stereocenters. The summed E-state index contributed by atoms with van der Waals surface area (Å²) in [6.07, 6.45) is 3.03. The van der Waals surface area contributed by atoms with Crippen LogP contribution in [0.25, 0.3) is 0 Å². The molecule has 0 bridgehead atoms. The molecule has 7 nitrogen and oxygen atoms in total. The number of imidazole rings is 1. The zero-order valence-electron chi connectivity index (χ0n) is 11.4. The minimum Gasteiger partial charge on any atom is -0.465 e. The van der Waals surface area contributed by atoms with Gasteiger partial charge in [0.05, 0.1) is 31.3 Å². The van der Waals surface area contributed by atoms with Crippen LogP contribution in [-0.2, 0) is 27.1 Å². The fourth-order valence-electron chi connectivity index (χ4n) is 1.69. The van der Waals surface area contributed by atoms with E-state index >= 15 is 0 Å². The molecule has 0 aliphatic rings. The number of nitrogens with one attached hydrogen (secondary N) is 2. The average Bonchev–Trinajstić information content (AvgIpc) is 2.98. The molecule has 0 saturated heterocycles. The number of aromatic nitrogens is 2. The number of aromatic amines is 1. The Morgan fingerprint density at radius 3 is 2.62 bits per heavy atom. The van der Waals surface area contributed by atoms with Gasteiger partial charge >= 0.3 is 5.97 Å². The van der Waals surface area contributed by atoms with Crippen molar-refractivity contribution in [2.75, 3.05) is 7.11 Å². The predicted molar refractivity (Wildman–Crippen MR) is 75.8 cm³/mol. The summed E-state index contributed by atoms with van der Waals surface area (Å²) in [5, 5.41) is 0. The topological polar surface area (TPSA) is 101 Å². The monoisotopic (exact) mass is 309 g/mol. The molecule has 112 valence electrons. The maximum Gasteiger partial charge on any atom is 0.337 e. The first-order valence-corrected chi connectivity index (χ1v) is 7.77. The minimum atomic E-state index is -3.46. The van der Waals surface area contributed by atoms with Crippen molar-refractivity contribution in [2.45, 2.75) is 12.3 Å². The molecular formula is C13H15N3O4S. The lowest BCUT2D eigenvalue weighted by molar-refractivity contribution is 0.0600. The summed E-state index contributed by atoms with van der Waals surface area (Å²) in [5.74, 6) is -0.621. The third-order valence-electron chi connectivity index (χ3n) is 2.77. The average molecular weight is 309 g/mol. The number of esters is 1. The highest BCUT2D eigenvalue weighted by atomic mass is 32.2. The molecule has 0 aliphatic heterocycles. The molecule has 0 radical (unpaired) electrons. The molecule has 2 N–H and O–H groups in total. The molecular weight excluding hydrogens is 294 g/mol. The molecule has 0 unspecified atom stereocenters. The number of nitrogens with zero attached hydrogens (tertiary/aromatic N) is 1. The van der Waals surface area contributed by atoms with Crippen LogP contribution in [0.2, 0.25) is 0 Å². The third kappa shape index (κ3) is 4.40. The summed E-state index contributed by atoms with van der Waals surface area (Å²) < 4.78 is 30.9. The van der Waals surface area contributed by atoms with Crippen molar-refractivity contribution >= 4 is 16.0 Å². The molecule has 1 heterocycles. The van der Waals surface area contributed by atoms with Gasteiger partial charge in [-0.3, -0.25) is 0 Å². The number of sulfonamides is 1. The summed E-state index contributed by atoms with van der Waals surface area (Å²) in [7, 11) is -2.17. The second-order valence-corrected chi connectivity index (χ2v) is 6.15. The quantitative estimate of drug-likeness (QED) is 0.769. The molecule has 21 heavy (non-hydrogen) atoms. The first-order valence-electron chi connectivity index (χ1n) is 6.12. The van der Waals surface area contributed by atoms with E-state index in [9.17, 15) is 13.2 Å². The lowest BCUT2D eigenvalue weighted by atomic mass is 10.1. The van der Waals surface area contributed by atoms with Gasteiger partial charge in [0.2, 0.25) is 10.0 Å². The van der Waals surface area contributed by atoms with Crippen molar-refractivity contribution in [2.24, 2.45) is 0 Å². The predicted octanol–water partition coefficient (Wildman–Crippen LogP) is 0.816. The molecule has 0 aliphatic carbocycles. The number of H-pyrrole nitrogens is 1. The second-order valence-electron chi connectivity index (χ2n) is 4.35. The van der Waals surface area contributed by atoms with Crippen molar-refractivity contribution in [1.82, 2.24) is 14.7 Å². The van der Waals surface area contributed by atoms with Crippen LogP contribution in [0.3, 0.4) is 0 Å². The number of methoxy groups -OCH3 is 1. The van der Waals surface area contributed by atoms with Gasteiger partial charge in [-0.2, -0.15) is 0 Å². The van der Waals surface area contributed by atoms with Crippen LogP contribution < -0.4 is 4.72 Å². The van der Waals surface area contributed by atoms with Gasteiger partial charge in [0.1, 0.15) is 0 Å². The second kappa shape index (κ2) is 6.51. The van der Waals surface area contributed by atoms with Crippen molar-refractivity contribution in [1.29, 1.82) is 0 Å². The van der Waals surface area contributed by atoms with Gasteiger partial charge in [-0.25, -0.2) is 22.9 Å². The highest BCUT2D eigenvalue weighted by Crippen LogP contribution is 2.09. The molecule has 0 spiro atoms. The summed E-state index contributed by atoms with van der Waals surface area (Å²) in [5.41, 5.74) is 1.64. The lowest BCUT2D eigenvalue weighted by Gasteiger charge is -2.06. The van der Waals surface area contributed by atoms with E-state index in [-0.39, 0.29) is 12.3 Å². The Morgan fingerprint density at radius 2 is 2.05 bits per heavy atom. The Labute approximate surface area is 122 Å². The van der Waals surface area contributed by atoms with Crippen LogP contribution in [-0.4, -0.2) is 31.5 Å². The van der Waals surface area contributed by atoms with E-state index in [4.69, 9.17) is 0 Å². The first kappa shape index (κ1) is 15.2. The SMILES string of the molecule is COC(=O)c1ccc(CS(=O)(=O)NCc2cnc[nH]2)cc1. The van der Waals surface area contributed by atoms with Crippen LogP contribution in [0.1, 0.15) is 21.6 Å². The highest BCUT2D eigenvalue weighted by molar-refractivity contribution is 7.88. The maximum absolute atomic E-state index is 11.9. The van der Waals surface area contributed by atoms with Gasteiger partial charge in [0.15, 0.2) is 0 Å². The normalized spacial score (nSPS) is 11.3. The smallest absolute Gasteiger partial charge is 0.337 e. The minimum absolute atomic E-state index is 0.155. The number of benzene rings is 1. The van der Waals surface area contributed by atoms with E-state index in [1.165, 1.54) is 25.6 Å². The first-order chi connectivity index (χ1) is 10.00. The third-order valence-corrected chi connectivity index (χ3v) is 4.07. The molecule has 2 aromatic rings. The number of rotatable bonds is 6. The molecule has 0 amide bonds. The zero-order valence-corrected chi connectivity index (χ0v) is 12.2. The Morgan fingerprint density at radius 1 is 1.33 bits per heavy atom. The van der Waals surface area contributed by atoms with Gasteiger partial charge in [0.25, 0.3) is 0 Å². The lowest BCUT2D eigenvalue weighted by Crippen LogP contribution is -2.24. The van der Waals surface area contributed by atoms with Gasteiger partial charge in [-0.15, -0.1) is 0 Å².